The van der Waals surface area contributed by atoms with Gasteiger partial charge in [0.05, 0.1) is 10.5 Å². The highest BCUT2D eigenvalue weighted by molar-refractivity contribution is 5.94. The molecule has 0 saturated carbocycles. The van der Waals surface area contributed by atoms with Crippen LogP contribution in [0.25, 0.3) is 0 Å². The molecule has 2 rings (SSSR count). The molecule has 0 spiro atoms. The summed E-state index contributed by atoms with van der Waals surface area (Å²) in [4.78, 5) is 34.8. The number of hydrogen-bond acceptors (Lipinski definition) is 6. The highest BCUT2D eigenvalue weighted by atomic mass is 16.6. The fourth-order valence-electron chi connectivity index (χ4n) is 2.27. The zero-order valence-corrected chi connectivity index (χ0v) is 15.1. The first-order valence-electron chi connectivity index (χ1n) is 8.51. The second-order valence-electron chi connectivity index (χ2n) is 5.82. The largest absolute Gasteiger partial charge is 0.449 e. The van der Waals surface area contributed by atoms with Crippen molar-refractivity contribution in [1.29, 1.82) is 0 Å². The molecule has 1 amide bonds. The van der Waals surface area contributed by atoms with E-state index < -0.39 is 22.9 Å². The molecule has 0 unspecified atom stereocenters. The van der Waals surface area contributed by atoms with Gasteiger partial charge in [0.15, 0.2) is 6.10 Å². The Morgan fingerprint density at radius 2 is 1.89 bits per heavy atom. The van der Waals surface area contributed by atoms with Crippen LogP contribution in [0.1, 0.15) is 30.6 Å². The van der Waals surface area contributed by atoms with E-state index in [1.54, 1.807) is 24.3 Å². The Morgan fingerprint density at radius 1 is 1.19 bits per heavy atom. The molecule has 0 fully saturated rings. The summed E-state index contributed by atoms with van der Waals surface area (Å²) in [6, 6.07) is 12.9. The molecule has 0 aliphatic heterocycles. The van der Waals surface area contributed by atoms with Crippen LogP contribution in [0.4, 0.5) is 17.1 Å². The average molecular weight is 371 g/mol. The van der Waals surface area contributed by atoms with E-state index in [4.69, 9.17) is 4.74 Å². The smallest absolute Gasteiger partial charge is 0.339 e. The van der Waals surface area contributed by atoms with Crippen molar-refractivity contribution < 1.29 is 19.2 Å². The van der Waals surface area contributed by atoms with E-state index in [0.717, 1.165) is 12.5 Å². The molecule has 0 aliphatic rings. The number of benzene rings is 2. The van der Waals surface area contributed by atoms with Crippen LogP contribution in [0, 0.1) is 10.1 Å². The number of anilines is 2. The first-order valence-corrected chi connectivity index (χ1v) is 8.51. The lowest BCUT2D eigenvalue weighted by Gasteiger charge is -2.13. The Hall–Kier alpha value is -3.42. The number of hydrogen-bond donors (Lipinski definition) is 2. The molecular formula is C19H21N3O5. The summed E-state index contributed by atoms with van der Waals surface area (Å²) in [7, 11) is 0. The standard InChI is InChI=1S/C19H21N3O5/c1-3-11-20-18(23)13(2)27-19(24)14-9-10-16(17(12-14)22(25)26)21-15-7-5-4-6-8-15/h4-10,12-13,21H,3,11H2,1-2H3,(H,20,23)/t13-/m1/s1. The van der Waals surface area contributed by atoms with Crippen LogP contribution < -0.4 is 10.6 Å². The van der Waals surface area contributed by atoms with Crippen molar-refractivity contribution in [1.82, 2.24) is 5.32 Å². The molecule has 0 bridgehead atoms. The first kappa shape index (κ1) is 19.9. The van der Waals surface area contributed by atoms with E-state index in [2.05, 4.69) is 10.6 Å². The fraction of sp³-hybridized carbons (Fsp3) is 0.263. The van der Waals surface area contributed by atoms with Gasteiger partial charge < -0.3 is 15.4 Å². The monoisotopic (exact) mass is 371 g/mol. The van der Waals surface area contributed by atoms with Gasteiger partial charge in [0.1, 0.15) is 5.69 Å². The van der Waals surface area contributed by atoms with Crippen LogP contribution in [0.15, 0.2) is 48.5 Å². The maximum absolute atomic E-state index is 12.2. The van der Waals surface area contributed by atoms with Crippen LogP contribution in [0.5, 0.6) is 0 Å². The van der Waals surface area contributed by atoms with Gasteiger partial charge in [0.25, 0.3) is 11.6 Å². The number of esters is 1. The molecule has 0 aromatic heterocycles. The predicted molar refractivity (Wildman–Crippen MR) is 101 cm³/mol. The third kappa shape index (κ3) is 5.53. The van der Waals surface area contributed by atoms with Gasteiger partial charge in [-0.2, -0.15) is 0 Å². The zero-order valence-electron chi connectivity index (χ0n) is 15.1. The van der Waals surface area contributed by atoms with Crippen molar-refractivity contribution in [3.63, 3.8) is 0 Å². The van der Waals surface area contributed by atoms with E-state index in [1.165, 1.54) is 19.1 Å². The van der Waals surface area contributed by atoms with Gasteiger partial charge in [-0.15, -0.1) is 0 Å². The predicted octanol–water partition coefficient (Wildman–Crippen LogP) is 3.41. The number of para-hydroxylation sites is 1. The lowest BCUT2D eigenvalue weighted by Crippen LogP contribution is -2.36. The van der Waals surface area contributed by atoms with E-state index >= 15 is 0 Å². The third-order valence-corrected chi connectivity index (χ3v) is 3.69. The van der Waals surface area contributed by atoms with Gasteiger partial charge in [-0.1, -0.05) is 25.1 Å². The second-order valence-corrected chi connectivity index (χ2v) is 5.82. The number of nitrogens with one attached hydrogen (secondary N) is 2. The third-order valence-electron chi connectivity index (χ3n) is 3.69. The molecule has 142 valence electrons. The van der Waals surface area contributed by atoms with E-state index in [9.17, 15) is 19.7 Å². The number of carbonyl (C=O) groups excluding carboxylic acids is 2. The highest BCUT2D eigenvalue weighted by Gasteiger charge is 2.22. The summed E-state index contributed by atoms with van der Waals surface area (Å²) in [5.41, 5.74) is 0.653. The van der Waals surface area contributed by atoms with Crippen molar-refractivity contribution in [2.24, 2.45) is 0 Å². The topological polar surface area (TPSA) is 111 Å². The summed E-state index contributed by atoms with van der Waals surface area (Å²) < 4.78 is 5.09. The van der Waals surface area contributed by atoms with Gasteiger partial charge in [-0.3, -0.25) is 14.9 Å². The Balaban J connectivity index is 2.16. The SMILES string of the molecule is CCCNC(=O)[C@@H](C)OC(=O)c1ccc(Nc2ccccc2)c([N+](=O)[O-])c1. The van der Waals surface area contributed by atoms with Crippen LogP contribution >= 0.6 is 0 Å². The lowest BCUT2D eigenvalue weighted by atomic mass is 10.1. The molecule has 0 heterocycles. The molecule has 2 N–H and O–H groups in total. The normalized spacial score (nSPS) is 11.3. The Labute approximate surface area is 156 Å². The highest BCUT2D eigenvalue weighted by Crippen LogP contribution is 2.29. The molecular weight excluding hydrogens is 350 g/mol. The van der Waals surface area contributed by atoms with E-state index in [-0.39, 0.29) is 16.9 Å². The molecule has 1 atom stereocenters. The number of nitro benzene ring substituents is 1. The quantitative estimate of drug-likeness (QED) is 0.418. The molecule has 2 aromatic carbocycles. The van der Waals surface area contributed by atoms with Crippen molar-refractivity contribution >= 4 is 28.9 Å². The Bertz CT molecular complexity index is 823. The van der Waals surface area contributed by atoms with Gasteiger partial charge in [0.2, 0.25) is 0 Å². The van der Waals surface area contributed by atoms with Crippen molar-refractivity contribution in [2.75, 3.05) is 11.9 Å². The summed E-state index contributed by atoms with van der Waals surface area (Å²) in [6.07, 6.45) is -0.237. The van der Waals surface area contributed by atoms with Crippen LogP contribution in [-0.4, -0.2) is 29.4 Å². The second kappa shape index (κ2) is 9.33. The molecule has 27 heavy (non-hydrogen) atoms. The molecule has 0 aliphatic carbocycles. The Morgan fingerprint density at radius 3 is 2.52 bits per heavy atom. The minimum absolute atomic E-state index is 0.00421. The molecule has 8 heteroatoms. The number of amides is 1. The number of ether oxygens (including phenoxy) is 1. The average Bonchev–Trinajstić information content (AvgIpc) is 2.66. The maximum atomic E-state index is 12.2. The molecule has 0 saturated heterocycles. The van der Waals surface area contributed by atoms with Gasteiger partial charge in [0, 0.05) is 18.3 Å². The van der Waals surface area contributed by atoms with Crippen LogP contribution in [0.2, 0.25) is 0 Å². The summed E-state index contributed by atoms with van der Waals surface area (Å²) in [6.45, 7) is 3.83. The van der Waals surface area contributed by atoms with Gasteiger partial charge >= 0.3 is 5.97 Å². The van der Waals surface area contributed by atoms with Crippen molar-refractivity contribution in [3.8, 4) is 0 Å². The number of rotatable bonds is 8. The van der Waals surface area contributed by atoms with Gasteiger partial charge in [-0.05, 0) is 37.6 Å². The first-order chi connectivity index (χ1) is 12.9. The summed E-state index contributed by atoms with van der Waals surface area (Å²) >= 11 is 0. The summed E-state index contributed by atoms with van der Waals surface area (Å²) in [5, 5.41) is 16.9. The molecule has 0 radical (unpaired) electrons. The van der Waals surface area contributed by atoms with E-state index in [1.807, 2.05) is 13.0 Å². The number of nitrogens with zero attached hydrogens (tertiary/aromatic N) is 1. The van der Waals surface area contributed by atoms with Crippen LogP contribution in [-0.2, 0) is 9.53 Å². The van der Waals surface area contributed by atoms with Crippen molar-refractivity contribution in [3.05, 3.63) is 64.2 Å². The molecule has 8 nitrogen and oxygen atoms in total. The van der Waals surface area contributed by atoms with Gasteiger partial charge in [-0.25, -0.2) is 4.79 Å². The van der Waals surface area contributed by atoms with E-state index in [0.29, 0.717) is 12.2 Å². The minimum Gasteiger partial charge on any atom is -0.449 e. The molecule has 2 aromatic rings. The summed E-state index contributed by atoms with van der Waals surface area (Å²) in [5.74, 6) is -1.22. The fourth-order valence-corrected chi connectivity index (χ4v) is 2.27. The van der Waals surface area contributed by atoms with Crippen molar-refractivity contribution in [2.45, 2.75) is 26.4 Å². The number of nitro groups is 1. The zero-order chi connectivity index (χ0) is 19.8. The minimum atomic E-state index is -0.995. The maximum Gasteiger partial charge on any atom is 0.339 e. The van der Waals surface area contributed by atoms with Crippen LogP contribution in [0.3, 0.4) is 0 Å². The lowest BCUT2D eigenvalue weighted by molar-refractivity contribution is -0.383. The Kier molecular flexibility index (Phi) is 6.87. The number of carbonyl (C=O) groups is 2.